The lowest BCUT2D eigenvalue weighted by atomic mass is 10.0. The highest BCUT2D eigenvalue weighted by Crippen LogP contribution is 2.34. The number of halogens is 3. The first-order chi connectivity index (χ1) is 12.6. The maximum Gasteiger partial charge on any atom is 0.445 e. The lowest BCUT2D eigenvalue weighted by Crippen LogP contribution is -2.55. The number of anilines is 1. The second-order valence-corrected chi connectivity index (χ2v) is 7.64. The third kappa shape index (κ3) is 5.99. The first-order valence-electron chi connectivity index (χ1n) is 8.48. The molecule has 0 saturated carbocycles. The van der Waals surface area contributed by atoms with Crippen LogP contribution >= 0.6 is 11.3 Å². The summed E-state index contributed by atoms with van der Waals surface area (Å²) in [4.78, 5) is 25.3. The maximum absolute atomic E-state index is 12.6. The first-order valence-corrected chi connectivity index (χ1v) is 9.30. The van der Waals surface area contributed by atoms with Gasteiger partial charge in [0.2, 0.25) is 16.0 Å². The van der Waals surface area contributed by atoms with Gasteiger partial charge in [-0.3, -0.25) is 14.5 Å². The Hall–Kier alpha value is -2.01. The number of carbonyl (C=O) groups excluding carboxylic acids is 2. The normalized spacial score (nSPS) is 18.4. The third-order valence-electron chi connectivity index (χ3n) is 3.94. The number of likely N-dealkylation sites (N-methyl/N-ethyl adjacent to an activating group) is 1. The minimum atomic E-state index is -4.60. The number of nitrogens with zero attached hydrogens (tertiary/aromatic N) is 3. The van der Waals surface area contributed by atoms with Crippen LogP contribution in [0.2, 0.25) is 0 Å². The van der Waals surface area contributed by atoms with Crippen molar-refractivity contribution < 1.29 is 22.8 Å². The molecule has 2 amide bonds. The van der Waals surface area contributed by atoms with E-state index in [1.54, 1.807) is 6.08 Å². The molecule has 0 bridgehead atoms. The van der Waals surface area contributed by atoms with E-state index in [2.05, 4.69) is 20.8 Å². The summed E-state index contributed by atoms with van der Waals surface area (Å²) in [5.74, 6) is -0.402. The molecule has 1 aromatic rings. The fourth-order valence-electron chi connectivity index (χ4n) is 2.36. The van der Waals surface area contributed by atoms with Gasteiger partial charge in [0.1, 0.15) is 0 Å². The van der Waals surface area contributed by atoms with E-state index >= 15 is 0 Å². The molecule has 1 aromatic heterocycles. The highest BCUT2D eigenvalue weighted by atomic mass is 32.1. The predicted molar refractivity (Wildman–Crippen MR) is 95.3 cm³/mol. The summed E-state index contributed by atoms with van der Waals surface area (Å²) in [5, 5.41) is 11.1. The third-order valence-corrected chi connectivity index (χ3v) is 4.98. The van der Waals surface area contributed by atoms with Crippen LogP contribution in [-0.4, -0.2) is 47.7 Å². The number of hydrogen-bond acceptors (Lipinski definition) is 6. The van der Waals surface area contributed by atoms with Gasteiger partial charge in [-0.15, -0.1) is 10.2 Å². The Morgan fingerprint density at radius 2 is 2.07 bits per heavy atom. The van der Waals surface area contributed by atoms with Crippen LogP contribution < -0.4 is 15.5 Å². The second-order valence-electron chi connectivity index (χ2n) is 6.68. The number of alkyl halides is 3. The van der Waals surface area contributed by atoms with Crippen molar-refractivity contribution in [1.82, 2.24) is 20.8 Å². The fraction of sp³-hybridized carbons (Fsp3) is 0.625. The van der Waals surface area contributed by atoms with E-state index in [0.29, 0.717) is 17.8 Å². The molecule has 0 unspecified atom stereocenters. The Labute approximate surface area is 159 Å². The molecule has 0 aliphatic carbocycles. The summed E-state index contributed by atoms with van der Waals surface area (Å²) in [5.41, 5.74) is 0. The van der Waals surface area contributed by atoms with E-state index in [9.17, 15) is 22.8 Å². The Kier molecular flexibility index (Phi) is 6.93. The summed E-state index contributed by atoms with van der Waals surface area (Å²) in [6.07, 6.45) is -0.414. The van der Waals surface area contributed by atoms with Gasteiger partial charge in [0, 0.05) is 19.2 Å². The summed E-state index contributed by atoms with van der Waals surface area (Å²) in [7, 11) is 1.32. The van der Waals surface area contributed by atoms with Gasteiger partial charge in [-0.05, 0) is 25.3 Å². The highest BCUT2D eigenvalue weighted by Gasteiger charge is 2.36. The molecule has 2 atom stereocenters. The van der Waals surface area contributed by atoms with Gasteiger partial charge in [-0.25, -0.2) is 0 Å². The molecule has 0 spiro atoms. The molecule has 1 aliphatic rings. The smallest absolute Gasteiger partial charge is 0.349 e. The van der Waals surface area contributed by atoms with Crippen molar-refractivity contribution in [2.24, 2.45) is 5.92 Å². The minimum absolute atomic E-state index is 0.128. The van der Waals surface area contributed by atoms with Crippen molar-refractivity contribution in [3.8, 4) is 0 Å². The average Bonchev–Trinajstić information content (AvgIpc) is 2.99. The molecular formula is C16H22F3N5O2S. The van der Waals surface area contributed by atoms with Crippen molar-refractivity contribution >= 4 is 28.3 Å². The number of aromatic nitrogens is 2. The molecule has 11 heteroatoms. The van der Waals surface area contributed by atoms with Crippen molar-refractivity contribution in [2.75, 3.05) is 18.5 Å². The predicted octanol–water partition coefficient (Wildman–Crippen LogP) is 1.97. The van der Waals surface area contributed by atoms with Gasteiger partial charge in [0.15, 0.2) is 0 Å². The topological polar surface area (TPSA) is 87.2 Å². The minimum Gasteiger partial charge on any atom is -0.349 e. The van der Waals surface area contributed by atoms with Crippen LogP contribution in [-0.2, 0) is 15.8 Å². The van der Waals surface area contributed by atoms with Gasteiger partial charge in [-0.2, -0.15) is 13.2 Å². The van der Waals surface area contributed by atoms with Crippen molar-refractivity contribution in [2.45, 2.75) is 44.9 Å². The molecule has 0 radical (unpaired) electrons. The van der Waals surface area contributed by atoms with Gasteiger partial charge in [-0.1, -0.05) is 31.3 Å². The van der Waals surface area contributed by atoms with Crippen LogP contribution in [0.1, 0.15) is 31.7 Å². The summed E-state index contributed by atoms with van der Waals surface area (Å²) in [6.45, 7) is 4.78. The van der Waals surface area contributed by atoms with Crippen LogP contribution in [0.3, 0.4) is 0 Å². The Balaban J connectivity index is 2.01. The summed E-state index contributed by atoms with van der Waals surface area (Å²) < 4.78 is 37.8. The van der Waals surface area contributed by atoms with E-state index in [1.807, 2.05) is 13.8 Å². The molecule has 2 rings (SSSR count). The summed E-state index contributed by atoms with van der Waals surface area (Å²) >= 11 is 0.292. The summed E-state index contributed by atoms with van der Waals surface area (Å²) in [6, 6.07) is -0.564. The van der Waals surface area contributed by atoms with Crippen LogP contribution in [0.5, 0.6) is 0 Å². The van der Waals surface area contributed by atoms with Gasteiger partial charge in [0.25, 0.3) is 5.91 Å². The molecule has 0 aromatic carbocycles. The van der Waals surface area contributed by atoms with Crippen LogP contribution in [0.15, 0.2) is 12.2 Å². The maximum atomic E-state index is 12.6. The van der Waals surface area contributed by atoms with E-state index in [4.69, 9.17) is 0 Å². The zero-order valence-corrected chi connectivity index (χ0v) is 16.0. The van der Waals surface area contributed by atoms with E-state index in [0.717, 1.165) is 17.9 Å². The zero-order chi connectivity index (χ0) is 20.2. The molecule has 1 saturated heterocycles. The molecule has 150 valence electrons. The SMILES string of the molecule is CC(C)C[C@@H](/C=C/C(=O)N(C)c1nnc(C(F)(F)F)s1)NC(=O)[C@@H]1CCN1. The van der Waals surface area contributed by atoms with E-state index < -0.39 is 17.1 Å². The van der Waals surface area contributed by atoms with E-state index in [1.165, 1.54) is 13.1 Å². The average molecular weight is 405 g/mol. The lowest BCUT2D eigenvalue weighted by Gasteiger charge is -2.28. The van der Waals surface area contributed by atoms with Gasteiger partial charge in [0.05, 0.1) is 6.04 Å². The molecule has 7 nitrogen and oxygen atoms in total. The van der Waals surface area contributed by atoms with Crippen LogP contribution in [0, 0.1) is 5.92 Å². The Morgan fingerprint density at radius 3 is 2.56 bits per heavy atom. The largest absolute Gasteiger partial charge is 0.445 e. The molecule has 27 heavy (non-hydrogen) atoms. The highest BCUT2D eigenvalue weighted by molar-refractivity contribution is 7.15. The lowest BCUT2D eigenvalue weighted by molar-refractivity contribution is -0.138. The van der Waals surface area contributed by atoms with Crippen LogP contribution in [0.4, 0.5) is 18.3 Å². The first kappa shape index (κ1) is 21.3. The number of carbonyl (C=O) groups is 2. The molecule has 2 N–H and O–H groups in total. The number of hydrogen-bond donors (Lipinski definition) is 2. The number of amides is 2. The Morgan fingerprint density at radius 1 is 1.41 bits per heavy atom. The van der Waals surface area contributed by atoms with E-state index in [-0.39, 0.29) is 29.0 Å². The van der Waals surface area contributed by atoms with Crippen molar-refractivity contribution in [1.29, 1.82) is 0 Å². The zero-order valence-electron chi connectivity index (χ0n) is 15.2. The molecule has 2 heterocycles. The monoisotopic (exact) mass is 405 g/mol. The Bertz CT molecular complexity index is 700. The van der Waals surface area contributed by atoms with Crippen molar-refractivity contribution in [3.05, 3.63) is 17.2 Å². The molecule has 1 aliphatic heterocycles. The molecule has 1 fully saturated rings. The number of rotatable bonds is 7. The number of nitrogens with one attached hydrogen (secondary N) is 2. The second kappa shape index (κ2) is 8.79. The standard InChI is InChI=1S/C16H22F3N5O2S/c1-9(2)8-10(21-13(26)11-6-7-20-11)4-5-12(25)24(3)15-23-22-14(27-15)16(17,18)19/h4-5,9-11,20H,6-8H2,1-3H3,(H,21,26)/b5-4+/t10-,11+/m1/s1. The van der Waals surface area contributed by atoms with Crippen LogP contribution in [0.25, 0.3) is 0 Å². The van der Waals surface area contributed by atoms with Gasteiger partial charge < -0.3 is 10.6 Å². The molecular weight excluding hydrogens is 383 g/mol. The van der Waals surface area contributed by atoms with Gasteiger partial charge >= 0.3 is 6.18 Å². The fourth-order valence-corrected chi connectivity index (χ4v) is 3.04. The van der Waals surface area contributed by atoms with Crippen molar-refractivity contribution in [3.63, 3.8) is 0 Å². The quantitative estimate of drug-likeness (QED) is 0.678.